The summed E-state index contributed by atoms with van der Waals surface area (Å²) in [5.74, 6) is 2.32. The van der Waals surface area contributed by atoms with Crippen molar-refractivity contribution >= 4 is 0 Å². The van der Waals surface area contributed by atoms with Crippen LogP contribution in [0.1, 0.15) is 32.6 Å². The van der Waals surface area contributed by atoms with E-state index in [0.29, 0.717) is 12.0 Å². The Morgan fingerprint density at radius 1 is 1.24 bits per heavy atom. The fraction of sp³-hybridized carbons (Fsp3) is 0.600. The smallest absolute Gasteiger partial charge is 0.119 e. The Morgan fingerprint density at radius 3 is 2.65 bits per heavy atom. The van der Waals surface area contributed by atoms with Crippen LogP contribution in [0.5, 0.6) is 5.75 Å². The first kappa shape index (κ1) is 12.4. The molecule has 2 heteroatoms. The topological polar surface area (TPSA) is 35.2 Å². The van der Waals surface area contributed by atoms with Gasteiger partial charge in [-0.3, -0.25) is 0 Å². The number of nitrogens with two attached hydrogens (primary N) is 1. The maximum absolute atomic E-state index is 6.11. The van der Waals surface area contributed by atoms with E-state index in [4.69, 9.17) is 10.5 Å². The molecule has 1 fully saturated rings. The normalized spacial score (nSPS) is 28.9. The van der Waals surface area contributed by atoms with E-state index in [2.05, 4.69) is 6.92 Å². The van der Waals surface area contributed by atoms with Gasteiger partial charge in [0.1, 0.15) is 11.9 Å². The van der Waals surface area contributed by atoms with Gasteiger partial charge in [-0.15, -0.1) is 0 Å². The van der Waals surface area contributed by atoms with Crippen molar-refractivity contribution in [2.24, 2.45) is 17.6 Å². The van der Waals surface area contributed by atoms with Gasteiger partial charge < -0.3 is 10.5 Å². The van der Waals surface area contributed by atoms with Crippen LogP contribution in [0.25, 0.3) is 0 Å². The van der Waals surface area contributed by atoms with Crippen LogP contribution in [0.4, 0.5) is 0 Å². The third-order valence-electron chi connectivity index (χ3n) is 3.95. The van der Waals surface area contributed by atoms with E-state index in [1.165, 1.54) is 19.3 Å². The highest BCUT2D eigenvalue weighted by Crippen LogP contribution is 2.33. The van der Waals surface area contributed by atoms with E-state index in [0.717, 1.165) is 24.6 Å². The first-order valence-corrected chi connectivity index (χ1v) is 6.75. The van der Waals surface area contributed by atoms with E-state index in [-0.39, 0.29) is 0 Å². The number of benzene rings is 1. The van der Waals surface area contributed by atoms with Gasteiger partial charge in [-0.05, 0) is 43.9 Å². The van der Waals surface area contributed by atoms with Crippen molar-refractivity contribution in [1.29, 1.82) is 0 Å². The first-order chi connectivity index (χ1) is 8.33. The van der Waals surface area contributed by atoms with Gasteiger partial charge in [0.25, 0.3) is 0 Å². The molecule has 17 heavy (non-hydrogen) atoms. The minimum atomic E-state index is 0.307. The largest absolute Gasteiger partial charge is 0.490 e. The standard InChI is InChI=1S/C15H23NO/c1-2-12-8-9-13(11-16)15(10-12)17-14-6-4-3-5-7-14/h3-7,12-13,15H,2,8-11,16H2,1H3. The van der Waals surface area contributed by atoms with Crippen molar-refractivity contribution in [2.45, 2.75) is 38.7 Å². The summed E-state index contributed by atoms with van der Waals surface area (Å²) in [6, 6.07) is 10.1. The Hall–Kier alpha value is -1.02. The highest BCUT2D eigenvalue weighted by molar-refractivity contribution is 5.21. The number of rotatable bonds is 4. The number of hydrogen-bond acceptors (Lipinski definition) is 2. The molecular formula is C15H23NO. The lowest BCUT2D eigenvalue weighted by Crippen LogP contribution is -2.38. The van der Waals surface area contributed by atoms with Gasteiger partial charge >= 0.3 is 0 Å². The van der Waals surface area contributed by atoms with Crippen LogP contribution in [0.2, 0.25) is 0 Å². The first-order valence-electron chi connectivity index (χ1n) is 6.75. The zero-order chi connectivity index (χ0) is 12.1. The van der Waals surface area contributed by atoms with Crippen molar-refractivity contribution < 1.29 is 4.74 Å². The molecule has 0 heterocycles. The monoisotopic (exact) mass is 233 g/mol. The Kier molecular flexibility index (Phi) is 4.43. The highest BCUT2D eigenvalue weighted by Gasteiger charge is 2.30. The molecule has 2 nitrogen and oxygen atoms in total. The second-order valence-corrected chi connectivity index (χ2v) is 5.05. The molecule has 3 unspecified atom stereocenters. The third-order valence-corrected chi connectivity index (χ3v) is 3.95. The molecule has 2 rings (SSSR count). The van der Waals surface area contributed by atoms with E-state index >= 15 is 0 Å². The van der Waals surface area contributed by atoms with Gasteiger partial charge in [-0.25, -0.2) is 0 Å². The summed E-state index contributed by atoms with van der Waals surface area (Å²) in [6.45, 7) is 3.01. The Morgan fingerprint density at radius 2 is 2.00 bits per heavy atom. The summed E-state index contributed by atoms with van der Waals surface area (Å²) in [4.78, 5) is 0. The maximum atomic E-state index is 6.11. The van der Waals surface area contributed by atoms with Crippen molar-refractivity contribution in [3.8, 4) is 5.75 Å². The molecular weight excluding hydrogens is 210 g/mol. The van der Waals surface area contributed by atoms with Gasteiger partial charge in [0.05, 0.1) is 0 Å². The van der Waals surface area contributed by atoms with E-state index in [1.807, 2.05) is 30.3 Å². The second kappa shape index (κ2) is 6.06. The molecule has 0 saturated heterocycles. The van der Waals surface area contributed by atoms with Crippen LogP contribution in [0, 0.1) is 11.8 Å². The fourth-order valence-electron chi connectivity index (χ4n) is 2.73. The summed E-state index contributed by atoms with van der Waals surface area (Å²) in [5, 5.41) is 0. The second-order valence-electron chi connectivity index (χ2n) is 5.05. The zero-order valence-corrected chi connectivity index (χ0v) is 10.6. The average Bonchev–Trinajstić information content (AvgIpc) is 2.40. The van der Waals surface area contributed by atoms with Gasteiger partial charge in [0.15, 0.2) is 0 Å². The van der Waals surface area contributed by atoms with E-state index in [1.54, 1.807) is 0 Å². The van der Waals surface area contributed by atoms with Gasteiger partial charge in [0, 0.05) is 5.92 Å². The van der Waals surface area contributed by atoms with Crippen molar-refractivity contribution in [2.75, 3.05) is 6.54 Å². The van der Waals surface area contributed by atoms with Crippen LogP contribution in [-0.2, 0) is 0 Å². The fourth-order valence-corrected chi connectivity index (χ4v) is 2.73. The number of para-hydroxylation sites is 1. The molecule has 1 aliphatic rings. The Labute approximate surface area is 104 Å². The summed E-state index contributed by atoms with van der Waals surface area (Å²) < 4.78 is 6.11. The van der Waals surface area contributed by atoms with Crippen LogP contribution in [-0.4, -0.2) is 12.6 Å². The predicted octanol–water partition coefficient (Wildman–Crippen LogP) is 3.22. The van der Waals surface area contributed by atoms with E-state index in [9.17, 15) is 0 Å². The molecule has 0 aliphatic heterocycles. The average molecular weight is 233 g/mol. The predicted molar refractivity (Wildman–Crippen MR) is 71.0 cm³/mol. The lowest BCUT2D eigenvalue weighted by molar-refractivity contribution is 0.0684. The molecule has 1 saturated carbocycles. The summed E-state index contributed by atoms with van der Waals surface area (Å²) >= 11 is 0. The van der Waals surface area contributed by atoms with Gasteiger partial charge in [0.2, 0.25) is 0 Å². The summed E-state index contributed by atoms with van der Waals surface area (Å²) in [7, 11) is 0. The van der Waals surface area contributed by atoms with Crippen LogP contribution >= 0.6 is 0 Å². The number of hydrogen-bond donors (Lipinski definition) is 1. The SMILES string of the molecule is CCC1CCC(CN)C(Oc2ccccc2)C1. The molecule has 0 radical (unpaired) electrons. The summed E-state index contributed by atoms with van der Waals surface area (Å²) in [5.41, 5.74) is 5.85. The molecule has 0 aromatic heterocycles. The van der Waals surface area contributed by atoms with Gasteiger partial charge in [-0.2, -0.15) is 0 Å². The van der Waals surface area contributed by atoms with Crippen LogP contribution in [0.3, 0.4) is 0 Å². The quantitative estimate of drug-likeness (QED) is 0.866. The molecule has 1 aromatic carbocycles. The Balaban J connectivity index is 2.00. The highest BCUT2D eigenvalue weighted by atomic mass is 16.5. The van der Waals surface area contributed by atoms with Crippen LogP contribution in [0.15, 0.2) is 30.3 Å². The molecule has 0 spiro atoms. The zero-order valence-electron chi connectivity index (χ0n) is 10.6. The number of ether oxygens (including phenoxy) is 1. The van der Waals surface area contributed by atoms with Crippen molar-refractivity contribution in [3.05, 3.63) is 30.3 Å². The molecule has 3 atom stereocenters. The third kappa shape index (κ3) is 3.22. The molecule has 0 amide bonds. The summed E-state index contributed by atoms with van der Waals surface area (Å²) in [6.07, 6.45) is 5.25. The lowest BCUT2D eigenvalue weighted by Gasteiger charge is -2.35. The van der Waals surface area contributed by atoms with Crippen LogP contribution < -0.4 is 10.5 Å². The minimum absolute atomic E-state index is 0.307. The van der Waals surface area contributed by atoms with Gasteiger partial charge in [-0.1, -0.05) is 31.5 Å². The van der Waals surface area contributed by atoms with E-state index < -0.39 is 0 Å². The maximum Gasteiger partial charge on any atom is 0.119 e. The van der Waals surface area contributed by atoms with Crippen molar-refractivity contribution in [3.63, 3.8) is 0 Å². The molecule has 2 N–H and O–H groups in total. The minimum Gasteiger partial charge on any atom is -0.490 e. The van der Waals surface area contributed by atoms with Crippen molar-refractivity contribution in [1.82, 2.24) is 0 Å². The molecule has 1 aromatic rings. The molecule has 94 valence electrons. The Bertz CT molecular complexity index is 325. The molecule has 0 bridgehead atoms. The lowest BCUT2D eigenvalue weighted by atomic mass is 9.78. The molecule has 1 aliphatic carbocycles.